The number of allylic oxidation sites excluding steroid dienone is 2. The maximum atomic E-state index is 13.1. The van der Waals surface area contributed by atoms with E-state index in [1.54, 1.807) is 84.3 Å². The third-order valence-corrected chi connectivity index (χ3v) is 24.7. The second kappa shape index (κ2) is 45.4. The van der Waals surface area contributed by atoms with Crippen molar-refractivity contribution in [2.75, 3.05) is 69.8 Å². The molecule has 3 fully saturated rings. The molecule has 30 heteroatoms. The standard InChI is InChI=1S/C18H14O8.C16H22NO3P.C12H18NO3P.2C9H18NO3P.C4H6Br2/c19-15(20)13(25-17(23)11-7-3-1-4-8-11)14(16(21)22)26-18(24)12-9-5-2-6-10-12;1-4-15-12-16(15,21(18,19-5-2)20-6-3)17-13-14-10-8-7-9-11-14;1-3-15-17(14,16-4-2)11-13-10-12-8-6-5-7-9-12;2*1-4-8-7-9(8,10)14(11,12-5-2)13-6-3;5-3-1-2-4-6/h1-10,13-14H,(H,19,20)(H,21,22);4,7-11,13,15H,1,5-6,12H2,2-3H3;5-10H,3-4,11H2,1-2H3;2*4,8H,1,5-7,10H2,2-3H3;1-2H,3-4H2/b;;;;;2-1+/t13-,14-;;;8-,9+;;/m1..1../s1. The molecule has 0 saturated heterocycles. The Kier molecular flexibility index (Phi) is 41.1. The van der Waals surface area contributed by atoms with Crippen molar-refractivity contribution >= 4 is 98.5 Å². The molecule has 0 aliphatic heterocycles. The third kappa shape index (κ3) is 27.5. The number of benzene rings is 4. The van der Waals surface area contributed by atoms with Crippen LogP contribution in [0, 0.1) is 17.8 Å². The molecule has 24 nitrogen and oxygen atoms in total. The molecule has 98 heavy (non-hydrogen) atoms. The number of rotatable bonds is 36. The summed E-state index contributed by atoms with van der Waals surface area (Å²) in [6.45, 7) is 28.2. The lowest BCUT2D eigenvalue weighted by atomic mass is 10.1. The first-order chi connectivity index (χ1) is 46.7. The van der Waals surface area contributed by atoms with Gasteiger partial charge in [0.25, 0.3) is 0 Å². The van der Waals surface area contributed by atoms with E-state index < -0.39 is 82.3 Å². The summed E-state index contributed by atoms with van der Waals surface area (Å²) in [5, 5.41) is 17.9. The smallest absolute Gasteiger partial charge is 0.358 e. The molecule has 6 N–H and O–H groups in total. The molecule has 3 aliphatic carbocycles. The molecule has 542 valence electrons. The molecule has 4 unspecified atom stereocenters. The van der Waals surface area contributed by atoms with Gasteiger partial charge < -0.3 is 67.3 Å². The second-order valence-corrected chi connectivity index (χ2v) is 31.1. The minimum absolute atomic E-state index is 0.0253. The van der Waals surface area contributed by atoms with Gasteiger partial charge in [-0.25, -0.2) is 19.2 Å². The lowest BCUT2D eigenvalue weighted by Crippen LogP contribution is -2.45. The average molecular weight is 1570 g/mol. The van der Waals surface area contributed by atoms with Crippen molar-refractivity contribution in [3.05, 3.63) is 194 Å². The first-order valence-electron chi connectivity index (χ1n) is 31.6. The second-order valence-electron chi connectivity index (χ2n) is 20.8. The highest BCUT2D eigenvalue weighted by Gasteiger charge is 2.68. The highest BCUT2D eigenvalue weighted by molar-refractivity contribution is 9.09. The Morgan fingerprint density at radius 1 is 0.490 bits per heavy atom. The van der Waals surface area contributed by atoms with E-state index >= 15 is 0 Å². The van der Waals surface area contributed by atoms with Crippen LogP contribution in [-0.4, -0.2) is 144 Å². The molecule has 0 bridgehead atoms. The molecule has 4 aromatic carbocycles. The summed E-state index contributed by atoms with van der Waals surface area (Å²) in [5.41, 5.74) is 13.9. The van der Waals surface area contributed by atoms with E-state index in [4.69, 9.17) is 57.1 Å². The number of nitrogens with zero attached hydrogens (tertiary/aromatic N) is 2. The molecule has 0 spiro atoms. The van der Waals surface area contributed by atoms with Gasteiger partial charge in [0.1, 0.15) is 16.8 Å². The molecule has 3 aliphatic rings. The van der Waals surface area contributed by atoms with Crippen molar-refractivity contribution in [1.82, 2.24) is 0 Å². The highest BCUT2D eigenvalue weighted by atomic mass is 79.9. The number of aliphatic imine (C=N–C) groups is 2. The molecule has 0 radical (unpaired) electrons. The Bertz CT molecular complexity index is 3210. The van der Waals surface area contributed by atoms with Crippen LogP contribution in [0.4, 0.5) is 0 Å². The van der Waals surface area contributed by atoms with Gasteiger partial charge in [0.15, 0.2) is 5.28 Å². The van der Waals surface area contributed by atoms with Crippen LogP contribution >= 0.6 is 62.2 Å². The Balaban J connectivity index is 0.000000415. The molecule has 7 rings (SSSR count). The van der Waals surface area contributed by atoms with Crippen LogP contribution in [0.3, 0.4) is 0 Å². The fourth-order valence-electron chi connectivity index (χ4n) is 8.85. The number of esters is 2. The summed E-state index contributed by atoms with van der Waals surface area (Å²) in [7, 11) is -12.7. The van der Waals surface area contributed by atoms with E-state index in [0.29, 0.717) is 72.1 Å². The number of carboxylic acid groups (broad SMARTS) is 2. The number of halogens is 2. The number of aliphatic carboxylic acids is 2. The van der Waals surface area contributed by atoms with Crippen LogP contribution in [0.15, 0.2) is 181 Å². The fourth-order valence-corrected chi connectivity index (χ4v) is 17.3. The Labute approximate surface area is 593 Å². The zero-order valence-corrected chi connectivity index (χ0v) is 63.6. The van der Waals surface area contributed by atoms with E-state index in [2.05, 4.69) is 73.7 Å². The maximum absolute atomic E-state index is 13.1. The summed E-state index contributed by atoms with van der Waals surface area (Å²) in [6.07, 6.45) is 10.3. The predicted octanol–water partition coefficient (Wildman–Crippen LogP) is 15.8. The van der Waals surface area contributed by atoms with Crippen molar-refractivity contribution in [2.24, 2.45) is 39.2 Å². The average Bonchev–Trinajstić information content (AvgIpc) is 1.58. The minimum Gasteiger partial charge on any atom is -0.478 e. The lowest BCUT2D eigenvalue weighted by Gasteiger charge is -2.24. The molecule has 4 aromatic rings. The van der Waals surface area contributed by atoms with E-state index in [1.165, 1.54) is 48.5 Å². The quantitative estimate of drug-likeness (QED) is 0.0108. The fraction of sp³-hybridized carbons (Fsp3) is 0.441. The van der Waals surface area contributed by atoms with Crippen molar-refractivity contribution in [1.29, 1.82) is 0 Å². The Morgan fingerprint density at radius 2 is 0.796 bits per heavy atom. The summed E-state index contributed by atoms with van der Waals surface area (Å²) in [5.74, 6) is -5.51. The molecule has 0 aromatic heterocycles. The van der Waals surface area contributed by atoms with Crippen molar-refractivity contribution in [2.45, 2.75) is 103 Å². The largest absolute Gasteiger partial charge is 0.478 e. The van der Waals surface area contributed by atoms with Gasteiger partial charge in [-0.1, -0.05) is 159 Å². The van der Waals surface area contributed by atoms with Crippen LogP contribution in [0.5, 0.6) is 0 Å². The number of ether oxygens (including phenoxy) is 2. The van der Waals surface area contributed by atoms with Crippen LogP contribution in [0.2, 0.25) is 0 Å². The lowest BCUT2D eigenvalue weighted by molar-refractivity contribution is -0.166. The summed E-state index contributed by atoms with van der Waals surface area (Å²) in [4.78, 5) is 55.5. The predicted molar refractivity (Wildman–Crippen MR) is 391 cm³/mol. The van der Waals surface area contributed by atoms with E-state index in [-0.39, 0.29) is 35.2 Å². The highest BCUT2D eigenvalue weighted by Crippen LogP contribution is 2.75. The number of carbonyl (C=O) groups is 4. The molecule has 0 amide bonds. The Hall–Kier alpha value is -5.46. The van der Waals surface area contributed by atoms with Gasteiger partial charge in [-0.05, 0) is 110 Å². The summed E-state index contributed by atoms with van der Waals surface area (Å²) in [6, 6.07) is 34.2. The van der Waals surface area contributed by atoms with Crippen LogP contribution in [0.1, 0.15) is 106 Å². The number of alkyl halides is 2. The van der Waals surface area contributed by atoms with Crippen LogP contribution in [0.25, 0.3) is 0 Å². The molecular formula is C68H96Br2N4O20P4. The van der Waals surface area contributed by atoms with Crippen molar-refractivity contribution < 1.29 is 93.3 Å². The zero-order valence-electron chi connectivity index (χ0n) is 56.8. The number of hydrogen-bond donors (Lipinski definition) is 4. The third-order valence-electron chi connectivity index (χ3n) is 13.9. The monoisotopic (exact) mass is 1570 g/mol. The minimum atomic E-state index is -3.29. The van der Waals surface area contributed by atoms with Gasteiger partial charge >= 0.3 is 54.3 Å². The first kappa shape index (κ1) is 88.6. The zero-order chi connectivity index (χ0) is 73.5. The van der Waals surface area contributed by atoms with Crippen molar-refractivity contribution in [3.8, 4) is 0 Å². The van der Waals surface area contributed by atoms with E-state index in [9.17, 15) is 47.7 Å². The van der Waals surface area contributed by atoms with Crippen molar-refractivity contribution in [3.63, 3.8) is 0 Å². The molecule has 8 atom stereocenters. The normalized spacial score (nSPS) is 20.4. The maximum Gasteiger partial charge on any atom is 0.358 e. The van der Waals surface area contributed by atoms with Gasteiger partial charge in [-0.3, -0.25) is 28.2 Å². The number of nitrogens with two attached hydrogens (primary N) is 2. The number of hydrogen-bond acceptors (Lipinski definition) is 22. The first-order valence-corrected chi connectivity index (χ1v) is 40.2. The molecule has 3 saturated carbocycles. The van der Waals surface area contributed by atoms with Gasteiger partial charge in [-0.15, -0.1) is 19.7 Å². The summed E-state index contributed by atoms with van der Waals surface area (Å²) >= 11 is 6.49. The Morgan fingerprint density at radius 3 is 1.07 bits per heavy atom. The van der Waals surface area contributed by atoms with E-state index in [1.807, 2.05) is 74.5 Å². The van der Waals surface area contributed by atoms with Gasteiger partial charge in [-0.2, -0.15) is 0 Å². The van der Waals surface area contributed by atoms with Crippen LogP contribution in [-0.2, 0) is 73.5 Å². The van der Waals surface area contributed by atoms with Gasteiger partial charge in [0.05, 0.1) is 64.0 Å². The molecule has 0 heterocycles. The van der Waals surface area contributed by atoms with E-state index in [0.717, 1.165) is 21.8 Å². The van der Waals surface area contributed by atoms with Crippen LogP contribution < -0.4 is 11.5 Å². The van der Waals surface area contributed by atoms with Gasteiger partial charge in [0.2, 0.25) is 12.2 Å². The summed E-state index contributed by atoms with van der Waals surface area (Å²) < 4.78 is 101. The van der Waals surface area contributed by atoms with Gasteiger partial charge in [0, 0.05) is 40.8 Å². The topological polar surface area (TPSA) is 346 Å². The number of carboxylic acids is 2. The molecular weight excluding hydrogens is 1480 g/mol. The number of carbonyl (C=O) groups excluding carboxylic acids is 2. The SMILES string of the molecule is BrC/C=C/CBr.C=CC1CC1(N)P(=O)(OCC)OCC.C=CC1CC1(N=Cc1ccccc1)P(=O)(OCC)OCC.C=C[C@@H]1C[C@]1(N)P(=O)(OCC)OCC.CCOP(=O)(CN=Cc1ccccc1)OCC.O=C(O[C@@H](C(=O)O)[C@@H](OC(=O)c1ccccc1)C(=O)O)c1ccccc1.